The van der Waals surface area contributed by atoms with Crippen molar-refractivity contribution in [3.05, 3.63) is 76.4 Å². The number of imidazole rings is 1. The third kappa shape index (κ3) is 4.91. The van der Waals surface area contributed by atoms with E-state index in [-0.39, 0.29) is 28.1 Å². The molecule has 198 valence electrons. The largest absolute Gasteiger partial charge is 0.507 e. The van der Waals surface area contributed by atoms with Crippen molar-refractivity contribution in [3.63, 3.8) is 0 Å². The van der Waals surface area contributed by atoms with Crippen LogP contribution in [0, 0.1) is 5.82 Å². The van der Waals surface area contributed by atoms with Gasteiger partial charge in [-0.3, -0.25) is 9.47 Å². The zero-order valence-electron chi connectivity index (χ0n) is 21.8. The zero-order valence-corrected chi connectivity index (χ0v) is 22.6. The second-order valence-electron chi connectivity index (χ2n) is 10.5. The molecule has 0 unspecified atom stereocenters. The second kappa shape index (κ2) is 9.89. The molecule has 2 aromatic heterocycles. The van der Waals surface area contributed by atoms with Gasteiger partial charge in [0.2, 0.25) is 0 Å². The Morgan fingerprint density at radius 1 is 0.974 bits per heavy atom. The van der Waals surface area contributed by atoms with Crippen molar-refractivity contribution >= 4 is 17.4 Å². The van der Waals surface area contributed by atoms with E-state index in [4.69, 9.17) is 11.6 Å². The van der Waals surface area contributed by atoms with Crippen molar-refractivity contribution in [1.29, 1.82) is 0 Å². The van der Waals surface area contributed by atoms with Gasteiger partial charge in [0.25, 0.3) is 0 Å². The van der Waals surface area contributed by atoms with Gasteiger partial charge in [-0.05, 0) is 50.6 Å². The number of nitrogens with zero attached hydrogens (tertiary/aromatic N) is 6. The maximum absolute atomic E-state index is 14.8. The van der Waals surface area contributed by atoms with Crippen molar-refractivity contribution in [1.82, 2.24) is 24.0 Å². The molecule has 10 heteroatoms. The van der Waals surface area contributed by atoms with Gasteiger partial charge in [0.15, 0.2) is 0 Å². The number of phenols is 1. The van der Waals surface area contributed by atoms with Crippen LogP contribution >= 0.6 is 11.6 Å². The Kier molecular flexibility index (Phi) is 6.75. The van der Waals surface area contributed by atoms with E-state index < -0.39 is 5.82 Å². The fourth-order valence-electron chi connectivity index (χ4n) is 4.81. The molecule has 38 heavy (non-hydrogen) atoms. The maximum atomic E-state index is 14.8. The van der Waals surface area contributed by atoms with Crippen molar-refractivity contribution in [3.8, 4) is 33.8 Å². The van der Waals surface area contributed by atoms with E-state index in [1.54, 1.807) is 43.7 Å². The Hall–Kier alpha value is -3.69. The van der Waals surface area contributed by atoms with Crippen molar-refractivity contribution in [2.24, 2.45) is 7.05 Å². The van der Waals surface area contributed by atoms with Gasteiger partial charge in [0, 0.05) is 68.4 Å². The molecule has 0 aliphatic carbocycles. The smallest absolute Gasteiger partial charge is 0.332 e. The first-order chi connectivity index (χ1) is 18.0. The van der Waals surface area contributed by atoms with Gasteiger partial charge < -0.3 is 14.6 Å². The molecule has 1 aliphatic rings. The molecule has 5 rings (SSSR count). The standard InChI is InChI=1S/C28H30ClFN6O2/c1-28(2,3)35-10-8-34(9-11-35)25-16-23(31-17-32-25)21-15-19(30)14-20(26(21)37)18-5-6-24(22(29)13-18)36-12-7-33(4)27(36)38/h5-7,12-17,37H,8-11H2,1-4H3. The molecular formula is C28H30ClFN6O2. The summed E-state index contributed by atoms with van der Waals surface area (Å²) >= 11 is 6.52. The Morgan fingerprint density at radius 3 is 2.32 bits per heavy atom. The van der Waals surface area contributed by atoms with Crippen LogP contribution in [0.2, 0.25) is 5.02 Å². The molecule has 3 heterocycles. The van der Waals surface area contributed by atoms with Crippen LogP contribution in [-0.4, -0.2) is 60.8 Å². The van der Waals surface area contributed by atoms with Gasteiger partial charge >= 0.3 is 5.69 Å². The summed E-state index contributed by atoms with van der Waals surface area (Å²) in [5, 5.41) is 11.5. The van der Waals surface area contributed by atoms with Crippen LogP contribution in [0.25, 0.3) is 28.1 Å². The van der Waals surface area contributed by atoms with Crippen molar-refractivity contribution < 1.29 is 9.50 Å². The monoisotopic (exact) mass is 536 g/mol. The van der Waals surface area contributed by atoms with Crippen molar-refractivity contribution in [2.75, 3.05) is 31.1 Å². The Bertz CT molecular complexity index is 1550. The summed E-state index contributed by atoms with van der Waals surface area (Å²) in [6.45, 7) is 10.1. The SMILES string of the molecule is Cn1ccn(-c2ccc(-c3cc(F)cc(-c4cc(N5CCN(C(C)(C)C)CC5)ncn4)c3O)cc2Cl)c1=O. The number of rotatable bonds is 4. The normalized spacial score (nSPS) is 14.7. The first kappa shape index (κ1) is 25.9. The molecular weight excluding hydrogens is 507 g/mol. The van der Waals surface area contributed by atoms with Crippen LogP contribution in [0.15, 0.2) is 59.9 Å². The molecule has 0 atom stereocenters. The third-order valence-electron chi connectivity index (χ3n) is 7.02. The maximum Gasteiger partial charge on any atom is 0.332 e. The van der Waals surface area contributed by atoms with E-state index in [0.717, 1.165) is 32.0 Å². The first-order valence-corrected chi connectivity index (χ1v) is 12.8. The Labute approximate surface area is 225 Å². The van der Waals surface area contributed by atoms with E-state index >= 15 is 0 Å². The number of hydrogen-bond donors (Lipinski definition) is 1. The highest BCUT2D eigenvalue weighted by Crippen LogP contribution is 2.40. The van der Waals surface area contributed by atoms with Gasteiger partial charge in [-0.25, -0.2) is 19.2 Å². The van der Waals surface area contributed by atoms with Crippen LogP contribution < -0.4 is 10.6 Å². The summed E-state index contributed by atoms with van der Waals surface area (Å²) < 4.78 is 17.7. The fourth-order valence-corrected chi connectivity index (χ4v) is 5.08. The van der Waals surface area contributed by atoms with Crippen LogP contribution in [0.4, 0.5) is 10.2 Å². The topological polar surface area (TPSA) is 79.4 Å². The molecule has 0 amide bonds. The number of piperazine rings is 1. The summed E-state index contributed by atoms with van der Waals surface area (Å²) in [6, 6.07) is 9.27. The molecule has 0 bridgehead atoms. The molecule has 1 saturated heterocycles. The molecule has 1 N–H and O–H groups in total. The van der Waals surface area contributed by atoms with Crippen LogP contribution in [0.3, 0.4) is 0 Å². The van der Waals surface area contributed by atoms with Crippen molar-refractivity contribution in [2.45, 2.75) is 26.3 Å². The fraction of sp³-hybridized carbons (Fsp3) is 0.321. The predicted octanol–water partition coefficient (Wildman–Crippen LogP) is 4.72. The van der Waals surface area contributed by atoms with E-state index in [0.29, 0.717) is 22.0 Å². The van der Waals surface area contributed by atoms with Crippen LogP contribution in [0.1, 0.15) is 20.8 Å². The predicted molar refractivity (Wildman–Crippen MR) is 148 cm³/mol. The quantitative estimate of drug-likeness (QED) is 0.406. The number of anilines is 1. The van der Waals surface area contributed by atoms with Crippen LogP contribution in [0.5, 0.6) is 5.75 Å². The highest BCUT2D eigenvalue weighted by molar-refractivity contribution is 6.32. The lowest BCUT2D eigenvalue weighted by Crippen LogP contribution is -2.53. The van der Waals surface area contributed by atoms with E-state index in [9.17, 15) is 14.3 Å². The minimum atomic E-state index is -0.522. The molecule has 0 spiro atoms. The number of aromatic hydroxyl groups is 1. The molecule has 1 fully saturated rings. The Morgan fingerprint density at radius 2 is 1.68 bits per heavy atom. The number of hydrogen-bond acceptors (Lipinski definition) is 6. The zero-order chi connectivity index (χ0) is 27.2. The molecule has 4 aromatic rings. The molecule has 2 aromatic carbocycles. The minimum absolute atomic E-state index is 0.102. The first-order valence-electron chi connectivity index (χ1n) is 12.4. The molecule has 0 saturated carbocycles. The minimum Gasteiger partial charge on any atom is -0.507 e. The highest BCUT2D eigenvalue weighted by Gasteiger charge is 2.27. The summed E-state index contributed by atoms with van der Waals surface area (Å²) in [5.41, 5.74) is 1.81. The average molecular weight is 537 g/mol. The third-order valence-corrected chi connectivity index (χ3v) is 7.32. The van der Waals surface area contributed by atoms with E-state index in [1.165, 1.54) is 27.6 Å². The summed E-state index contributed by atoms with van der Waals surface area (Å²) in [4.78, 5) is 25.7. The van der Waals surface area contributed by atoms with Gasteiger partial charge in [0.1, 0.15) is 23.7 Å². The molecule has 8 nitrogen and oxygen atoms in total. The van der Waals surface area contributed by atoms with Crippen LogP contribution in [-0.2, 0) is 7.05 Å². The van der Waals surface area contributed by atoms with Gasteiger partial charge in [-0.1, -0.05) is 17.7 Å². The number of halogens is 2. The van der Waals surface area contributed by atoms with Gasteiger partial charge in [-0.15, -0.1) is 0 Å². The number of aryl methyl sites for hydroxylation is 1. The van der Waals surface area contributed by atoms with E-state index in [2.05, 4.69) is 40.5 Å². The second-order valence-corrected chi connectivity index (χ2v) is 10.9. The summed E-state index contributed by atoms with van der Waals surface area (Å²) in [6.07, 6.45) is 4.70. The van der Waals surface area contributed by atoms with Gasteiger partial charge in [-0.2, -0.15) is 0 Å². The highest BCUT2D eigenvalue weighted by atomic mass is 35.5. The summed E-state index contributed by atoms with van der Waals surface area (Å²) in [5.74, 6) is 0.0926. The average Bonchev–Trinajstić information content (AvgIpc) is 3.22. The Balaban J connectivity index is 1.47. The van der Waals surface area contributed by atoms with E-state index in [1.807, 2.05) is 0 Å². The lowest BCUT2D eigenvalue weighted by atomic mass is 9.99. The summed E-state index contributed by atoms with van der Waals surface area (Å²) in [7, 11) is 1.65. The number of benzene rings is 2. The number of aromatic nitrogens is 4. The molecule has 0 radical (unpaired) electrons. The lowest BCUT2D eigenvalue weighted by molar-refractivity contribution is 0.128. The molecule has 1 aliphatic heterocycles. The number of phenolic OH excluding ortho intramolecular Hbond substituents is 1. The van der Waals surface area contributed by atoms with Gasteiger partial charge in [0.05, 0.1) is 16.4 Å². The lowest BCUT2D eigenvalue weighted by Gasteiger charge is -2.42.